The molecule has 2 heterocycles. The molecule has 1 N–H and O–H groups in total. The van der Waals surface area contributed by atoms with Crippen molar-refractivity contribution in [3.8, 4) is 0 Å². The molecule has 0 fully saturated rings. The van der Waals surface area contributed by atoms with E-state index in [1.54, 1.807) is 11.6 Å². The van der Waals surface area contributed by atoms with Gasteiger partial charge in [0.2, 0.25) is 5.82 Å². The zero-order valence-electron chi connectivity index (χ0n) is 9.56. The van der Waals surface area contributed by atoms with Gasteiger partial charge in [-0.3, -0.25) is 4.79 Å². The maximum atomic E-state index is 11.4. The van der Waals surface area contributed by atoms with Crippen LogP contribution in [0.15, 0.2) is 18.2 Å². The van der Waals surface area contributed by atoms with Gasteiger partial charge in [0.05, 0.1) is 0 Å². The summed E-state index contributed by atoms with van der Waals surface area (Å²) in [4.78, 5) is 15.6. The van der Waals surface area contributed by atoms with Crippen LogP contribution in [0.2, 0.25) is 0 Å². The second-order valence-electron chi connectivity index (χ2n) is 3.89. The molecule has 0 radical (unpaired) electrons. The van der Waals surface area contributed by atoms with E-state index in [0.717, 1.165) is 5.69 Å². The van der Waals surface area contributed by atoms with E-state index in [0.29, 0.717) is 11.6 Å². The Bertz CT molecular complexity index is 530. The Morgan fingerprint density at radius 1 is 1.44 bits per heavy atom. The summed E-state index contributed by atoms with van der Waals surface area (Å²) < 4.78 is 1.72. The van der Waals surface area contributed by atoms with E-state index in [4.69, 9.17) is 0 Å². The van der Waals surface area contributed by atoms with Gasteiger partial charge in [-0.1, -0.05) is 19.9 Å². The monoisotopic (exact) mass is 218 g/mol. The van der Waals surface area contributed by atoms with Crippen molar-refractivity contribution in [1.82, 2.24) is 19.9 Å². The fraction of sp³-hybridized carbons (Fsp3) is 0.364. The van der Waals surface area contributed by atoms with E-state index in [2.05, 4.69) is 29.2 Å². The Labute approximate surface area is 93.5 Å². The highest BCUT2D eigenvalue weighted by Crippen LogP contribution is 2.15. The summed E-state index contributed by atoms with van der Waals surface area (Å²) in [5.41, 5.74) is 1.74. The van der Waals surface area contributed by atoms with Gasteiger partial charge in [0.1, 0.15) is 0 Å². The molecule has 2 aromatic heterocycles. The van der Waals surface area contributed by atoms with Crippen LogP contribution in [0.1, 0.15) is 36.1 Å². The van der Waals surface area contributed by atoms with Crippen molar-refractivity contribution in [1.29, 1.82) is 0 Å². The summed E-state index contributed by atoms with van der Waals surface area (Å²) in [7, 11) is 1.57. The normalized spacial score (nSPS) is 11.0. The number of carbonyl (C=O) groups excluding carboxylic acids is 1. The molecule has 2 rings (SSSR count). The Hall–Kier alpha value is -1.91. The van der Waals surface area contributed by atoms with Gasteiger partial charge < -0.3 is 5.32 Å². The fourth-order valence-electron chi connectivity index (χ4n) is 1.57. The smallest absolute Gasteiger partial charge is 0.290 e. The molecule has 84 valence electrons. The largest absolute Gasteiger partial charge is 0.352 e. The number of aromatic nitrogens is 3. The number of fused-ring (bicyclic) bond motifs is 1. The lowest BCUT2D eigenvalue weighted by molar-refractivity contribution is 0.0953. The lowest BCUT2D eigenvalue weighted by atomic mass is 10.1. The number of carbonyl (C=O) groups is 1. The van der Waals surface area contributed by atoms with Crippen molar-refractivity contribution in [2.45, 2.75) is 19.8 Å². The Morgan fingerprint density at radius 3 is 2.81 bits per heavy atom. The molecule has 5 nitrogen and oxygen atoms in total. The molecule has 0 bridgehead atoms. The number of amides is 1. The van der Waals surface area contributed by atoms with E-state index in [-0.39, 0.29) is 11.7 Å². The van der Waals surface area contributed by atoms with Crippen LogP contribution in [-0.4, -0.2) is 27.6 Å². The Morgan fingerprint density at radius 2 is 2.19 bits per heavy atom. The molecule has 0 unspecified atom stereocenters. The van der Waals surface area contributed by atoms with Crippen LogP contribution in [0.25, 0.3) is 5.65 Å². The minimum atomic E-state index is -0.265. The van der Waals surface area contributed by atoms with Crippen LogP contribution in [0, 0.1) is 0 Å². The SMILES string of the molecule is CNC(=O)c1nc2cccc(C(C)C)n2n1. The first-order valence-electron chi connectivity index (χ1n) is 5.21. The molecule has 0 spiro atoms. The van der Waals surface area contributed by atoms with Gasteiger partial charge in [0, 0.05) is 12.7 Å². The van der Waals surface area contributed by atoms with Gasteiger partial charge in [0.15, 0.2) is 5.65 Å². The minimum absolute atomic E-state index is 0.204. The first kappa shape index (κ1) is 10.6. The number of rotatable bonds is 2. The molecule has 1 amide bonds. The summed E-state index contributed by atoms with van der Waals surface area (Å²) in [6, 6.07) is 5.75. The van der Waals surface area contributed by atoms with Crippen LogP contribution in [-0.2, 0) is 0 Å². The molecule has 16 heavy (non-hydrogen) atoms. The molecule has 0 saturated heterocycles. The van der Waals surface area contributed by atoms with Crippen LogP contribution < -0.4 is 5.32 Å². The first-order chi connectivity index (χ1) is 7.63. The van der Waals surface area contributed by atoms with Gasteiger partial charge in [-0.2, -0.15) is 0 Å². The third-order valence-corrected chi connectivity index (χ3v) is 2.41. The zero-order valence-corrected chi connectivity index (χ0v) is 9.56. The van der Waals surface area contributed by atoms with Gasteiger partial charge in [-0.15, -0.1) is 5.10 Å². The highest BCUT2D eigenvalue weighted by molar-refractivity contribution is 5.90. The van der Waals surface area contributed by atoms with Crippen molar-refractivity contribution in [2.24, 2.45) is 0 Å². The number of nitrogens with zero attached hydrogens (tertiary/aromatic N) is 3. The number of pyridine rings is 1. The predicted molar refractivity (Wildman–Crippen MR) is 60.5 cm³/mol. The molecule has 0 aliphatic carbocycles. The van der Waals surface area contributed by atoms with E-state index >= 15 is 0 Å². The molecular weight excluding hydrogens is 204 g/mol. The quantitative estimate of drug-likeness (QED) is 0.824. The molecule has 5 heteroatoms. The average molecular weight is 218 g/mol. The third kappa shape index (κ3) is 1.64. The molecular formula is C11H14N4O. The maximum Gasteiger partial charge on any atom is 0.290 e. The Kier molecular flexibility index (Phi) is 2.60. The molecule has 0 aliphatic heterocycles. The second-order valence-corrected chi connectivity index (χ2v) is 3.89. The van der Waals surface area contributed by atoms with Gasteiger partial charge in [-0.25, -0.2) is 9.50 Å². The van der Waals surface area contributed by atoms with Crippen LogP contribution in [0.4, 0.5) is 0 Å². The van der Waals surface area contributed by atoms with Gasteiger partial charge in [-0.05, 0) is 18.1 Å². The molecule has 0 saturated carbocycles. The van der Waals surface area contributed by atoms with Crippen LogP contribution in [0.3, 0.4) is 0 Å². The molecule has 0 aliphatic rings. The van der Waals surface area contributed by atoms with Crippen molar-refractivity contribution >= 4 is 11.6 Å². The lowest BCUT2D eigenvalue weighted by Gasteiger charge is -2.06. The van der Waals surface area contributed by atoms with E-state index in [9.17, 15) is 4.79 Å². The summed E-state index contributed by atoms with van der Waals surface area (Å²) in [6.45, 7) is 4.16. The third-order valence-electron chi connectivity index (χ3n) is 2.41. The minimum Gasteiger partial charge on any atom is -0.352 e. The maximum absolute atomic E-state index is 11.4. The zero-order chi connectivity index (χ0) is 11.7. The summed E-state index contributed by atoms with van der Waals surface area (Å²) in [5.74, 6) is 0.275. The van der Waals surface area contributed by atoms with Gasteiger partial charge in [0.25, 0.3) is 5.91 Å². The van der Waals surface area contributed by atoms with Crippen LogP contribution >= 0.6 is 0 Å². The topological polar surface area (TPSA) is 59.3 Å². The highest BCUT2D eigenvalue weighted by atomic mass is 16.2. The fourth-order valence-corrected chi connectivity index (χ4v) is 1.57. The summed E-state index contributed by atoms with van der Waals surface area (Å²) in [5, 5.41) is 6.71. The summed E-state index contributed by atoms with van der Waals surface area (Å²) in [6.07, 6.45) is 0. The molecule has 0 atom stereocenters. The highest BCUT2D eigenvalue weighted by Gasteiger charge is 2.13. The lowest BCUT2D eigenvalue weighted by Crippen LogP contribution is -2.19. The molecule has 2 aromatic rings. The van der Waals surface area contributed by atoms with Crippen LogP contribution in [0.5, 0.6) is 0 Å². The summed E-state index contributed by atoms with van der Waals surface area (Å²) >= 11 is 0. The van der Waals surface area contributed by atoms with Crippen molar-refractivity contribution in [2.75, 3.05) is 7.05 Å². The standard InChI is InChI=1S/C11H14N4O/c1-7(2)8-5-4-6-9-13-10(11(16)12-3)14-15(8)9/h4-7H,1-3H3,(H,12,16). The van der Waals surface area contributed by atoms with E-state index < -0.39 is 0 Å². The Balaban J connectivity index is 2.61. The first-order valence-corrected chi connectivity index (χ1v) is 5.21. The van der Waals surface area contributed by atoms with Gasteiger partial charge >= 0.3 is 0 Å². The number of hydrogen-bond acceptors (Lipinski definition) is 3. The van der Waals surface area contributed by atoms with E-state index in [1.165, 1.54) is 0 Å². The number of hydrogen-bond donors (Lipinski definition) is 1. The van der Waals surface area contributed by atoms with Crippen molar-refractivity contribution in [3.05, 3.63) is 29.7 Å². The van der Waals surface area contributed by atoms with Crippen molar-refractivity contribution < 1.29 is 4.79 Å². The number of nitrogens with one attached hydrogen (secondary N) is 1. The van der Waals surface area contributed by atoms with E-state index in [1.807, 2.05) is 18.2 Å². The average Bonchev–Trinajstić information content (AvgIpc) is 2.70. The second kappa shape index (κ2) is 3.92. The van der Waals surface area contributed by atoms with Crippen molar-refractivity contribution in [3.63, 3.8) is 0 Å². The predicted octanol–water partition coefficient (Wildman–Crippen LogP) is 1.21. The molecule has 0 aromatic carbocycles.